The molecule has 2 rings (SSSR count). The number of primary amides is 1. The minimum Gasteiger partial charge on any atom is -0.493 e. The molecule has 120 valence electrons. The Kier molecular flexibility index (Phi) is 5.80. The van der Waals surface area contributed by atoms with E-state index in [2.05, 4.69) is 27.9 Å². The number of carbonyl (C=O) groups excluding carboxylic acids is 2. The van der Waals surface area contributed by atoms with Crippen molar-refractivity contribution in [3.63, 3.8) is 0 Å². The molecule has 0 spiro atoms. The van der Waals surface area contributed by atoms with Crippen molar-refractivity contribution in [3.8, 4) is 11.5 Å². The zero-order valence-electron chi connectivity index (χ0n) is 12.3. The number of amides is 2. The van der Waals surface area contributed by atoms with Crippen LogP contribution in [0.4, 0.5) is 5.69 Å². The van der Waals surface area contributed by atoms with Gasteiger partial charge in [0.1, 0.15) is 0 Å². The van der Waals surface area contributed by atoms with Crippen LogP contribution in [0.2, 0.25) is 0 Å². The molecule has 0 atom stereocenters. The van der Waals surface area contributed by atoms with Crippen LogP contribution in [0.3, 0.4) is 0 Å². The van der Waals surface area contributed by atoms with Crippen LogP contribution in [0.5, 0.6) is 11.5 Å². The lowest BCUT2D eigenvalue weighted by molar-refractivity contribution is -0.118. The number of benzene rings is 2. The Labute approximate surface area is 147 Å². The van der Waals surface area contributed by atoms with Crippen LogP contribution in [-0.2, 0) is 4.79 Å². The van der Waals surface area contributed by atoms with E-state index in [1.165, 1.54) is 13.2 Å². The highest BCUT2D eigenvalue weighted by atomic mass is 127. The van der Waals surface area contributed by atoms with Gasteiger partial charge in [-0.25, -0.2) is 0 Å². The zero-order valence-corrected chi connectivity index (χ0v) is 14.5. The molecule has 0 heterocycles. The van der Waals surface area contributed by atoms with Crippen LogP contribution in [0, 0.1) is 3.57 Å². The third-order valence-electron chi connectivity index (χ3n) is 2.94. The molecule has 2 aromatic carbocycles. The minimum atomic E-state index is -0.656. The second kappa shape index (κ2) is 7.82. The summed E-state index contributed by atoms with van der Waals surface area (Å²) in [6.07, 6.45) is 0. The van der Waals surface area contributed by atoms with E-state index < -0.39 is 5.91 Å². The van der Waals surface area contributed by atoms with Gasteiger partial charge in [0.25, 0.3) is 11.8 Å². The molecule has 0 aromatic heterocycles. The van der Waals surface area contributed by atoms with Gasteiger partial charge in [0.2, 0.25) is 0 Å². The van der Waals surface area contributed by atoms with Crippen molar-refractivity contribution < 1.29 is 19.1 Å². The van der Waals surface area contributed by atoms with E-state index in [4.69, 9.17) is 15.2 Å². The van der Waals surface area contributed by atoms with Crippen molar-refractivity contribution in [1.29, 1.82) is 0 Å². The first-order valence-electron chi connectivity index (χ1n) is 6.66. The number of carbonyl (C=O) groups is 2. The number of ether oxygens (including phenoxy) is 2. The third kappa shape index (κ3) is 4.59. The topological polar surface area (TPSA) is 90.7 Å². The zero-order chi connectivity index (χ0) is 16.8. The number of hydrogen-bond donors (Lipinski definition) is 2. The maximum absolute atomic E-state index is 12.0. The Morgan fingerprint density at radius 2 is 1.87 bits per heavy atom. The Balaban J connectivity index is 2.06. The molecule has 2 aromatic rings. The molecule has 2 amide bonds. The Hall–Kier alpha value is -2.29. The van der Waals surface area contributed by atoms with Crippen molar-refractivity contribution in [2.24, 2.45) is 5.73 Å². The molecule has 0 saturated heterocycles. The highest BCUT2D eigenvalue weighted by molar-refractivity contribution is 14.1. The first-order valence-corrected chi connectivity index (χ1v) is 7.74. The normalized spacial score (nSPS) is 10.0. The summed E-state index contributed by atoms with van der Waals surface area (Å²) < 4.78 is 11.6. The van der Waals surface area contributed by atoms with Gasteiger partial charge in [-0.05, 0) is 59.0 Å². The summed E-state index contributed by atoms with van der Waals surface area (Å²) >= 11 is 2.18. The van der Waals surface area contributed by atoms with Crippen LogP contribution < -0.4 is 20.5 Å². The van der Waals surface area contributed by atoms with E-state index in [0.29, 0.717) is 11.4 Å². The second-order valence-corrected chi connectivity index (χ2v) is 5.79. The number of methoxy groups -OCH3 is 1. The largest absolute Gasteiger partial charge is 0.493 e. The average molecular weight is 426 g/mol. The third-order valence-corrected chi connectivity index (χ3v) is 3.66. The Morgan fingerprint density at radius 1 is 1.17 bits per heavy atom. The summed E-state index contributed by atoms with van der Waals surface area (Å²) in [5.41, 5.74) is 6.13. The predicted molar refractivity (Wildman–Crippen MR) is 94.8 cm³/mol. The van der Waals surface area contributed by atoms with E-state index >= 15 is 0 Å². The number of nitrogens with one attached hydrogen (secondary N) is 1. The molecule has 23 heavy (non-hydrogen) atoms. The first-order chi connectivity index (χ1) is 11.0. The van der Waals surface area contributed by atoms with E-state index in [1.54, 1.807) is 24.3 Å². The summed E-state index contributed by atoms with van der Waals surface area (Å²) in [6.45, 7) is -0.271. The molecular weight excluding hydrogens is 411 g/mol. The van der Waals surface area contributed by atoms with Gasteiger partial charge < -0.3 is 20.5 Å². The van der Waals surface area contributed by atoms with E-state index in [-0.39, 0.29) is 23.8 Å². The lowest BCUT2D eigenvalue weighted by atomic mass is 10.2. The summed E-state index contributed by atoms with van der Waals surface area (Å²) in [5.74, 6) is -0.520. The summed E-state index contributed by atoms with van der Waals surface area (Å²) in [5, 5.41) is 2.70. The first kappa shape index (κ1) is 17.1. The molecule has 0 radical (unpaired) electrons. The highest BCUT2D eigenvalue weighted by Gasteiger charge is 2.16. The molecule has 3 N–H and O–H groups in total. The fourth-order valence-electron chi connectivity index (χ4n) is 1.89. The molecule has 0 bridgehead atoms. The van der Waals surface area contributed by atoms with E-state index in [0.717, 1.165) is 3.57 Å². The van der Waals surface area contributed by atoms with Gasteiger partial charge in [0.05, 0.1) is 12.7 Å². The number of nitrogens with two attached hydrogens (primary N) is 1. The lowest BCUT2D eigenvalue weighted by Crippen LogP contribution is -2.22. The van der Waals surface area contributed by atoms with Crippen LogP contribution in [0.15, 0.2) is 42.5 Å². The van der Waals surface area contributed by atoms with Crippen LogP contribution >= 0.6 is 22.6 Å². The van der Waals surface area contributed by atoms with Crippen LogP contribution in [-0.4, -0.2) is 25.5 Å². The molecule has 0 unspecified atom stereocenters. The summed E-state index contributed by atoms with van der Waals surface area (Å²) in [7, 11) is 1.44. The quantitative estimate of drug-likeness (QED) is 0.695. The van der Waals surface area contributed by atoms with Gasteiger partial charge in [0, 0.05) is 9.26 Å². The molecule has 0 aliphatic rings. The van der Waals surface area contributed by atoms with E-state index in [9.17, 15) is 9.59 Å². The lowest BCUT2D eigenvalue weighted by Gasteiger charge is -2.13. The summed E-state index contributed by atoms with van der Waals surface area (Å²) in [6, 6.07) is 12.1. The molecule has 7 heteroatoms. The molecule has 0 saturated carbocycles. The van der Waals surface area contributed by atoms with Gasteiger partial charge in [-0.1, -0.05) is 6.07 Å². The predicted octanol–water partition coefficient (Wildman–Crippen LogP) is 2.42. The fourth-order valence-corrected chi connectivity index (χ4v) is 2.25. The Morgan fingerprint density at radius 3 is 2.48 bits per heavy atom. The maximum Gasteiger partial charge on any atom is 0.262 e. The average Bonchev–Trinajstić information content (AvgIpc) is 2.54. The molecular formula is C16H15IN2O4. The van der Waals surface area contributed by atoms with Crippen LogP contribution in [0.25, 0.3) is 0 Å². The number of halogens is 1. The number of anilines is 1. The van der Waals surface area contributed by atoms with Crippen molar-refractivity contribution in [2.75, 3.05) is 19.0 Å². The smallest absolute Gasteiger partial charge is 0.262 e. The second-order valence-electron chi connectivity index (χ2n) is 4.54. The van der Waals surface area contributed by atoms with Gasteiger partial charge in [-0.15, -0.1) is 0 Å². The van der Waals surface area contributed by atoms with Gasteiger partial charge in [0.15, 0.2) is 18.1 Å². The molecule has 0 fully saturated rings. The van der Waals surface area contributed by atoms with E-state index in [1.807, 2.05) is 12.1 Å². The molecule has 0 aliphatic heterocycles. The van der Waals surface area contributed by atoms with Crippen molar-refractivity contribution in [2.45, 2.75) is 0 Å². The standard InChI is InChI=1S/C16H15IN2O4/c1-22-13-4-2-3-12(16(18)21)15(13)23-9-14(20)19-11-7-5-10(17)6-8-11/h2-8H,9H2,1H3,(H2,18,21)(H,19,20). The monoisotopic (exact) mass is 426 g/mol. The summed E-state index contributed by atoms with van der Waals surface area (Å²) in [4.78, 5) is 23.4. The van der Waals surface area contributed by atoms with Crippen molar-refractivity contribution in [1.82, 2.24) is 0 Å². The van der Waals surface area contributed by atoms with Gasteiger partial charge >= 0.3 is 0 Å². The maximum atomic E-state index is 12.0. The highest BCUT2D eigenvalue weighted by Crippen LogP contribution is 2.30. The molecule has 0 aliphatic carbocycles. The molecule has 6 nitrogen and oxygen atoms in total. The van der Waals surface area contributed by atoms with Gasteiger partial charge in [-0.3, -0.25) is 9.59 Å². The van der Waals surface area contributed by atoms with Crippen LogP contribution in [0.1, 0.15) is 10.4 Å². The van der Waals surface area contributed by atoms with Crippen molar-refractivity contribution >= 4 is 40.1 Å². The minimum absolute atomic E-state index is 0.153. The number of hydrogen-bond acceptors (Lipinski definition) is 4. The SMILES string of the molecule is COc1cccc(C(N)=O)c1OCC(=O)Nc1ccc(I)cc1. The fraction of sp³-hybridized carbons (Fsp3) is 0.125. The Bertz CT molecular complexity index is 717. The van der Waals surface area contributed by atoms with Gasteiger partial charge in [-0.2, -0.15) is 0 Å². The number of para-hydroxylation sites is 1. The number of rotatable bonds is 6. The van der Waals surface area contributed by atoms with Crippen molar-refractivity contribution in [3.05, 3.63) is 51.6 Å².